The van der Waals surface area contributed by atoms with E-state index in [9.17, 15) is 10.1 Å². The van der Waals surface area contributed by atoms with E-state index in [4.69, 9.17) is 0 Å². The number of nitro groups is 1. The summed E-state index contributed by atoms with van der Waals surface area (Å²) in [4.78, 5) is 11.8. The minimum Gasteiger partial charge on any atom is -0.364 e. The van der Waals surface area contributed by atoms with Crippen LogP contribution in [0.3, 0.4) is 0 Å². The Bertz CT molecular complexity index is 439. The second-order valence-corrected chi connectivity index (χ2v) is 3.67. The molecule has 0 aliphatic heterocycles. The lowest BCUT2D eigenvalue weighted by Gasteiger charge is -2.21. The number of hydrogen-bond donors (Lipinski definition) is 0. The third-order valence-corrected chi connectivity index (χ3v) is 2.35. The SMILES string of the molecule is C=CCN(CC=C)c1ccc(C=C[N+](=O)[O-])cc1. The van der Waals surface area contributed by atoms with Gasteiger partial charge in [-0.1, -0.05) is 24.3 Å². The van der Waals surface area contributed by atoms with Crippen LogP contribution in [-0.2, 0) is 0 Å². The maximum absolute atomic E-state index is 10.2. The summed E-state index contributed by atoms with van der Waals surface area (Å²) in [6, 6.07) is 7.53. The van der Waals surface area contributed by atoms with Gasteiger partial charge in [-0.25, -0.2) is 0 Å². The Labute approximate surface area is 107 Å². The van der Waals surface area contributed by atoms with Gasteiger partial charge in [-0.05, 0) is 17.7 Å². The molecule has 0 heterocycles. The van der Waals surface area contributed by atoms with Crippen molar-refractivity contribution in [2.75, 3.05) is 18.0 Å². The maximum Gasteiger partial charge on any atom is 0.235 e. The first-order valence-corrected chi connectivity index (χ1v) is 5.56. The van der Waals surface area contributed by atoms with Crippen molar-refractivity contribution in [3.8, 4) is 0 Å². The van der Waals surface area contributed by atoms with Crippen molar-refractivity contribution in [2.45, 2.75) is 0 Å². The van der Waals surface area contributed by atoms with E-state index >= 15 is 0 Å². The van der Waals surface area contributed by atoms with Crippen molar-refractivity contribution >= 4 is 11.8 Å². The van der Waals surface area contributed by atoms with Gasteiger partial charge >= 0.3 is 0 Å². The first-order valence-electron chi connectivity index (χ1n) is 5.56. The molecule has 4 heteroatoms. The Morgan fingerprint density at radius 3 is 2.17 bits per heavy atom. The van der Waals surface area contributed by atoms with Gasteiger partial charge in [0.05, 0.1) is 4.92 Å². The van der Waals surface area contributed by atoms with Crippen molar-refractivity contribution < 1.29 is 4.92 Å². The number of anilines is 1. The van der Waals surface area contributed by atoms with Crippen molar-refractivity contribution in [3.05, 3.63) is 71.5 Å². The van der Waals surface area contributed by atoms with Crippen LogP contribution in [0.15, 0.2) is 55.8 Å². The highest BCUT2D eigenvalue weighted by molar-refractivity contribution is 5.55. The zero-order valence-corrected chi connectivity index (χ0v) is 10.2. The summed E-state index contributed by atoms with van der Waals surface area (Å²) in [6.45, 7) is 8.89. The summed E-state index contributed by atoms with van der Waals surface area (Å²) in [5.41, 5.74) is 1.83. The molecule has 0 spiro atoms. The van der Waals surface area contributed by atoms with E-state index in [1.165, 1.54) is 6.08 Å². The van der Waals surface area contributed by atoms with E-state index in [0.29, 0.717) is 0 Å². The van der Waals surface area contributed by atoms with Crippen LogP contribution in [-0.4, -0.2) is 18.0 Å². The topological polar surface area (TPSA) is 46.4 Å². The molecular formula is C14H16N2O2. The van der Waals surface area contributed by atoms with Crippen molar-refractivity contribution in [1.82, 2.24) is 0 Å². The fourth-order valence-electron chi connectivity index (χ4n) is 1.54. The van der Waals surface area contributed by atoms with Gasteiger partial charge in [-0.2, -0.15) is 0 Å². The fourth-order valence-corrected chi connectivity index (χ4v) is 1.54. The maximum atomic E-state index is 10.2. The molecule has 94 valence electrons. The largest absolute Gasteiger partial charge is 0.364 e. The molecule has 4 nitrogen and oxygen atoms in total. The van der Waals surface area contributed by atoms with Gasteiger partial charge in [0.1, 0.15) is 0 Å². The lowest BCUT2D eigenvalue weighted by atomic mass is 10.2. The van der Waals surface area contributed by atoms with E-state index in [-0.39, 0.29) is 0 Å². The molecule has 0 fully saturated rings. The summed E-state index contributed by atoms with van der Waals surface area (Å²) in [7, 11) is 0. The standard InChI is InChI=1S/C14H16N2O2/c1-3-10-15(11-4-2)14-7-5-13(6-8-14)9-12-16(17)18/h3-9,12H,1-2,10-11H2. The van der Waals surface area contributed by atoms with Gasteiger partial charge in [0.15, 0.2) is 0 Å². The van der Waals surface area contributed by atoms with Crippen LogP contribution < -0.4 is 4.90 Å². The molecule has 0 aromatic heterocycles. The zero-order valence-electron chi connectivity index (χ0n) is 10.2. The fraction of sp³-hybridized carbons (Fsp3) is 0.143. The quantitative estimate of drug-likeness (QED) is 0.420. The van der Waals surface area contributed by atoms with Gasteiger partial charge in [-0.3, -0.25) is 10.1 Å². The monoisotopic (exact) mass is 244 g/mol. The molecule has 1 aromatic rings. The average Bonchev–Trinajstić information content (AvgIpc) is 2.37. The van der Waals surface area contributed by atoms with E-state index in [0.717, 1.165) is 30.5 Å². The van der Waals surface area contributed by atoms with Gasteiger partial charge in [-0.15, -0.1) is 13.2 Å². The molecular weight excluding hydrogens is 228 g/mol. The van der Waals surface area contributed by atoms with E-state index in [2.05, 4.69) is 18.1 Å². The zero-order chi connectivity index (χ0) is 13.4. The number of nitrogens with zero attached hydrogens (tertiary/aromatic N) is 2. The molecule has 0 radical (unpaired) electrons. The number of benzene rings is 1. The second kappa shape index (κ2) is 7.06. The van der Waals surface area contributed by atoms with Gasteiger partial charge < -0.3 is 4.90 Å². The molecule has 0 amide bonds. The highest BCUT2D eigenvalue weighted by Gasteiger charge is 2.02. The molecule has 0 bridgehead atoms. The Balaban J connectivity index is 2.82. The molecule has 1 aromatic carbocycles. The summed E-state index contributed by atoms with van der Waals surface area (Å²) < 4.78 is 0. The molecule has 0 saturated heterocycles. The minimum absolute atomic E-state index is 0.477. The molecule has 0 unspecified atom stereocenters. The van der Waals surface area contributed by atoms with Crippen LogP contribution >= 0.6 is 0 Å². The van der Waals surface area contributed by atoms with Gasteiger partial charge in [0, 0.05) is 24.9 Å². The summed E-state index contributed by atoms with van der Waals surface area (Å²) in [5.74, 6) is 0. The predicted molar refractivity (Wildman–Crippen MR) is 75.1 cm³/mol. The first kappa shape index (κ1) is 13.7. The Morgan fingerprint density at radius 1 is 1.17 bits per heavy atom. The third-order valence-electron chi connectivity index (χ3n) is 2.35. The van der Waals surface area contributed by atoms with Crippen LogP contribution in [0.2, 0.25) is 0 Å². The van der Waals surface area contributed by atoms with Crippen molar-refractivity contribution in [3.63, 3.8) is 0 Å². The number of hydrogen-bond acceptors (Lipinski definition) is 3. The predicted octanol–water partition coefficient (Wildman–Crippen LogP) is 3.11. The Morgan fingerprint density at radius 2 is 1.72 bits per heavy atom. The Kier molecular flexibility index (Phi) is 5.38. The Hall–Kier alpha value is -2.36. The number of rotatable bonds is 7. The molecule has 0 aliphatic carbocycles. The lowest BCUT2D eigenvalue weighted by molar-refractivity contribution is -0.400. The average molecular weight is 244 g/mol. The molecule has 1 rings (SSSR count). The summed E-state index contributed by atoms with van der Waals surface area (Å²) in [6.07, 6.45) is 6.05. The first-order chi connectivity index (χ1) is 8.67. The molecule has 0 atom stereocenters. The summed E-state index contributed by atoms with van der Waals surface area (Å²) >= 11 is 0. The highest BCUT2D eigenvalue weighted by Crippen LogP contribution is 2.16. The molecule has 18 heavy (non-hydrogen) atoms. The second-order valence-electron chi connectivity index (χ2n) is 3.67. The van der Waals surface area contributed by atoms with E-state index in [1.54, 1.807) is 0 Å². The van der Waals surface area contributed by atoms with Crippen LogP contribution in [0.1, 0.15) is 5.56 Å². The van der Waals surface area contributed by atoms with Crippen molar-refractivity contribution in [1.29, 1.82) is 0 Å². The molecule has 0 N–H and O–H groups in total. The van der Waals surface area contributed by atoms with Crippen molar-refractivity contribution in [2.24, 2.45) is 0 Å². The minimum atomic E-state index is -0.477. The highest BCUT2D eigenvalue weighted by atomic mass is 16.6. The van der Waals surface area contributed by atoms with Crippen LogP contribution in [0.5, 0.6) is 0 Å². The normalized spacial score (nSPS) is 10.2. The van der Waals surface area contributed by atoms with Gasteiger partial charge in [0.25, 0.3) is 0 Å². The molecule has 0 aliphatic rings. The van der Waals surface area contributed by atoms with Crippen LogP contribution in [0, 0.1) is 10.1 Å². The smallest absolute Gasteiger partial charge is 0.235 e. The molecule has 0 saturated carbocycles. The van der Waals surface area contributed by atoms with E-state index in [1.807, 2.05) is 36.4 Å². The lowest BCUT2D eigenvalue weighted by Crippen LogP contribution is -2.22. The van der Waals surface area contributed by atoms with Crippen LogP contribution in [0.4, 0.5) is 5.69 Å². The summed E-state index contributed by atoms with van der Waals surface area (Å²) in [5, 5.41) is 10.2. The van der Waals surface area contributed by atoms with E-state index < -0.39 is 4.92 Å². The van der Waals surface area contributed by atoms with Crippen LogP contribution in [0.25, 0.3) is 6.08 Å². The van der Waals surface area contributed by atoms with Gasteiger partial charge in [0.2, 0.25) is 6.20 Å². The third kappa shape index (κ3) is 4.25.